The zero-order chi connectivity index (χ0) is 24.5. The van der Waals surface area contributed by atoms with E-state index in [1.165, 1.54) is 34.6 Å². The van der Waals surface area contributed by atoms with Gasteiger partial charge in [0.1, 0.15) is 17.2 Å². The van der Waals surface area contributed by atoms with Crippen LogP contribution in [0.4, 0.5) is 0 Å². The molecule has 0 unspecified atom stereocenters. The summed E-state index contributed by atoms with van der Waals surface area (Å²) in [5, 5.41) is 10.0. The van der Waals surface area contributed by atoms with Crippen LogP contribution in [0.1, 0.15) is 23.3 Å². The van der Waals surface area contributed by atoms with Gasteiger partial charge in [0, 0.05) is 44.3 Å². The number of fused-ring (bicyclic) bond motifs is 1. The van der Waals surface area contributed by atoms with Crippen molar-refractivity contribution in [1.82, 2.24) is 15.4 Å². The van der Waals surface area contributed by atoms with E-state index >= 15 is 0 Å². The number of carbonyl (C=O) groups excluding carboxylic acids is 2. The largest absolute Gasteiger partial charge is 0.457 e. The van der Waals surface area contributed by atoms with Gasteiger partial charge in [-0.25, -0.2) is 13.9 Å². The molecule has 1 fully saturated rings. The Hall–Kier alpha value is -3.41. The van der Waals surface area contributed by atoms with Gasteiger partial charge >= 0.3 is 0 Å². The summed E-state index contributed by atoms with van der Waals surface area (Å²) < 4.78 is 35.9. The van der Waals surface area contributed by atoms with Crippen molar-refractivity contribution in [3.05, 3.63) is 54.2 Å². The first-order chi connectivity index (χ1) is 16.2. The van der Waals surface area contributed by atoms with Crippen molar-refractivity contribution >= 4 is 32.6 Å². The fraction of sp³-hybridized carbons (Fsp3) is 0.304. The lowest BCUT2D eigenvalue weighted by atomic mass is 9.98. The molecule has 2 heterocycles. The summed E-state index contributed by atoms with van der Waals surface area (Å²) in [7, 11) is -0.768. The van der Waals surface area contributed by atoms with Gasteiger partial charge in [0.2, 0.25) is 0 Å². The summed E-state index contributed by atoms with van der Waals surface area (Å²) in [6, 6.07) is 12.8. The normalized spacial score (nSPS) is 15.6. The minimum atomic E-state index is -4.11. The van der Waals surface area contributed by atoms with Gasteiger partial charge in [-0.1, -0.05) is 0 Å². The van der Waals surface area contributed by atoms with Crippen LogP contribution < -0.4 is 10.2 Å². The number of nitrogens with zero attached hydrogens (tertiary/aromatic N) is 1. The summed E-state index contributed by atoms with van der Waals surface area (Å²) in [5.41, 5.74) is 2.68. The monoisotopic (exact) mass is 487 g/mol. The number of aromatic amines is 1. The van der Waals surface area contributed by atoms with E-state index in [1.807, 2.05) is 6.07 Å². The Balaban J connectivity index is 1.57. The molecule has 1 saturated heterocycles. The molecule has 1 aliphatic heterocycles. The Morgan fingerprint density at radius 2 is 1.71 bits per heavy atom. The van der Waals surface area contributed by atoms with Crippen LogP contribution in [0.5, 0.6) is 11.5 Å². The number of hydrogen-bond donors (Lipinski definition) is 3. The quantitative estimate of drug-likeness (QED) is 0.359. The Labute approximate surface area is 196 Å². The van der Waals surface area contributed by atoms with Gasteiger partial charge in [-0.2, -0.15) is 0 Å². The number of sulfone groups is 1. The highest BCUT2D eigenvalue weighted by atomic mass is 32.2. The average Bonchev–Trinajstić information content (AvgIpc) is 3.27. The molecule has 1 aromatic heterocycles. The number of carbonyl (C=O) groups is 2. The van der Waals surface area contributed by atoms with Crippen molar-refractivity contribution < 1.29 is 32.7 Å². The SMILES string of the molecule is CN(C)C(=O)c1cc2ccc(Oc3ccc(S(=O)(=O)C4(C(=O)NO)CCOCC4)cc3)cc2[nH]1. The molecule has 0 aliphatic carbocycles. The predicted molar refractivity (Wildman–Crippen MR) is 123 cm³/mol. The molecule has 34 heavy (non-hydrogen) atoms. The van der Waals surface area contributed by atoms with Gasteiger partial charge in [-0.15, -0.1) is 0 Å². The Kier molecular flexibility index (Phi) is 6.34. The molecule has 3 N–H and O–H groups in total. The number of hydroxylamine groups is 1. The zero-order valence-corrected chi connectivity index (χ0v) is 19.5. The van der Waals surface area contributed by atoms with Crippen molar-refractivity contribution in [2.75, 3.05) is 27.3 Å². The second-order valence-electron chi connectivity index (χ2n) is 8.26. The lowest BCUT2D eigenvalue weighted by Gasteiger charge is -2.34. The number of ether oxygens (including phenoxy) is 2. The molecule has 2 aromatic carbocycles. The molecule has 1 aliphatic rings. The molecule has 3 aromatic rings. The van der Waals surface area contributed by atoms with Gasteiger partial charge in [0.05, 0.1) is 4.90 Å². The molecule has 180 valence electrons. The van der Waals surface area contributed by atoms with Crippen molar-refractivity contribution in [3.8, 4) is 11.5 Å². The highest BCUT2D eigenvalue weighted by Crippen LogP contribution is 2.36. The number of amides is 2. The second kappa shape index (κ2) is 9.09. The first kappa shape index (κ1) is 23.7. The summed E-state index contributed by atoms with van der Waals surface area (Å²) in [5.74, 6) is -0.230. The van der Waals surface area contributed by atoms with Gasteiger partial charge in [-0.05, 0) is 55.3 Å². The highest BCUT2D eigenvalue weighted by Gasteiger charge is 2.52. The smallest absolute Gasteiger partial charge is 0.269 e. The van der Waals surface area contributed by atoms with Crippen molar-refractivity contribution in [2.45, 2.75) is 22.5 Å². The van der Waals surface area contributed by atoms with Crippen molar-refractivity contribution in [2.24, 2.45) is 0 Å². The number of hydrogen-bond acceptors (Lipinski definition) is 7. The number of H-pyrrole nitrogens is 1. The molecule has 4 rings (SSSR count). The maximum absolute atomic E-state index is 13.3. The molecule has 10 nitrogen and oxygen atoms in total. The van der Waals surface area contributed by atoms with Crippen LogP contribution in [0.2, 0.25) is 0 Å². The summed E-state index contributed by atoms with van der Waals surface area (Å²) >= 11 is 0. The standard InChI is InChI=1S/C23H25N3O7S/c1-26(2)21(27)20-13-15-3-4-17(14-19(15)24-20)33-16-5-7-18(8-6-16)34(30,31)23(22(28)25-29)9-11-32-12-10-23/h3-8,13-14,24,29H,9-12H2,1-2H3,(H,25,28). The minimum Gasteiger partial charge on any atom is -0.457 e. The predicted octanol–water partition coefficient (Wildman–Crippen LogP) is 2.49. The molecule has 0 atom stereocenters. The Morgan fingerprint density at radius 1 is 1.06 bits per heavy atom. The van der Waals surface area contributed by atoms with E-state index < -0.39 is 20.5 Å². The molecule has 11 heteroatoms. The minimum absolute atomic E-state index is 0.0583. The first-order valence-corrected chi connectivity index (χ1v) is 12.1. The molecule has 0 radical (unpaired) electrons. The van der Waals surface area contributed by atoms with Gasteiger partial charge < -0.3 is 19.4 Å². The van der Waals surface area contributed by atoms with E-state index in [0.29, 0.717) is 17.2 Å². The molecular formula is C23H25N3O7S. The number of nitrogens with one attached hydrogen (secondary N) is 2. The van der Waals surface area contributed by atoms with Crippen LogP contribution >= 0.6 is 0 Å². The van der Waals surface area contributed by atoms with Crippen LogP contribution in [-0.4, -0.2) is 67.4 Å². The number of benzene rings is 2. The fourth-order valence-electron chi connectivity index (χ4n) is 4.00. The molecule has 0 spiro atoms. The van der Waals surface area contributed by atoms with Crippen LogP contribution in [0.25, 0.3) is 10.9 Å². The molecule has 0 bridgehead atoms. The van der Waals surface area contributed by atoms with Crippen LogP contribution in [0.15, 0.2) is 53.4 Å². The average molecular weight is 488 g/mol. The van der Waals surface area contributed by atoms with Crippen LogP contribution in [0.3, 0.4) is 0 Å². The second-order valence-corrected chi connectivity index (χ2v) is 10.5. The Bertz CT molecular complexity index is 1320. The molecule has 2 amide bonds. The van der Waals surface area contributed by atoms with Crippen LogP contribution in [-0.2, 0) is 19.4 Å². The lowest BCUT2D eigenvalue weighted by molar-refractivity contribution is -0.134. The van der Waals surface area contributed by atoms with E-state index in [4.69, 9.17) is 14.7 Å². The van der Waals surface area contributed by atoms with E-state index in [1.54, 1.807) is 32.3 Å². The van der Waals surface area contributed by atoms with Gasteiger partial charge in [0.15, 0.2) is 14.6 Å². The lowest BCUT2D eigenvalue weighted by Crippen LogP contribution is -2.54. The first-order valence-electron chi connectivity index (χ1n) is 10.6. The van der Waals surface area contributed by atoms with Gasteiger partial charge in [0.25, 0.3) is 11.8 Å². The Morgan fingerprint density at radius 3 is 2.32 bits per heavy atom. The molecular weight excluding hydrogens is 462 g/mol. The summed E-state index contributed by atoms with van der Waals surface area (Å²) in [6.45, 7) is 0.188. The summed E-state index contributed by atoms with van der Waals surface area (Å²) in [6.07, 6.45) is -0.122. The highest BCUT2D eigenvalue weighted by molar-refractivity contribution is 7.93. The number of rotatable bonds is 6. The number of aromatic nitrogens is 1. The van der Waals surface area contributed by atoms with Crippen LogP contribution in [0, 0.1) is 0 Å². The van der Waals surface area contributed by atoms with E-state index in [-0.39, 0.29) is 36.9 Å². The maximum atomic E-state index is 13.3. The third-order valence-electron chi connectivity index (χ3n) is 5.93. The third-order valence-corrected chi connectivity index (χ3v) is 8.45. The van der Waals surface area contributed by atoms with Crippen molar-refractivity contribution in [3.63, 3.8) is 0 Å². The van der Waals surface area contributed by atoms with E-state index in [0.717, 1.165) is 10.9 Å². The topological polar surface area (TPSA) is 138 Å². The van der Waals surface area contributed by atoms with Gasteiger partial charge in [-0.3, -0.25) is 14.8 Å². The van der Waals surface area contributed by atoms with E-state index in [9.17, 15) is 18.0 Å². The van der Waals surface area contributed by atoms with E-state index in [2.05, 4.69) is 4.98 Å². The maximum Gasteiger partial charge on any atom is 0.269 e. The fourth-order valence-corrected chi connectivity index (χ4v) is 5.93. The van der Waals surface area contributed by atoms with Crippen molar-refractivity contribution in [1.29, 1.82) is 0 Å². The molecule has 0 saturated carbocycles. The summed E-state index contributed by atoms with van der Waals surface area (Å²) in [4.78, 5) is 29.0. The third kappa shape index (κ3) is 4.13. The zero-order valence-electron chi connectivity index (χ0n) is 18.7.